The van der Waals surface area contributed by atoms with E-state index in [1.807, 2.05) is 6.08 Å². The summed E-state index contributed by atoms with van der Waals surface area (Å²) in [6, 6.07) is 0. The molecule has 0 aromatic rings. The van der Waals surface area contributed by atoms with Gasteiger partial charge in [0.05, 0.1) is 78.8 Å². The lowest BCUT2D eigenvalue weighted by atomic mass is 10.1. The molecule has 1 aliphatic heterocycles. The number of ether oxygens (including phenoxy) is 6. The van der Waals surface area contributed by atoms with Crippen LogP contribution in [-0.4, -0.2) is 78.8 Å². The quantitative estimate of drug-likeness (QED) is 0.562. The highest BCUT2D eigenvalue weighted by Gasteiger charge is 2.09. The summed E-state index contributed by atoms with van der Waals surface area (Å²) in [6.45, 7) is 10.1. The molecule has 0 radical (unpaired) electrons. The topological polar surface area (TPSA) is 55.4 Å². The number of unbranched alkanes of at least 4 members (excludes halogenated alkanes) is 2. The van der Waals surface area contributed by atoms with E-state index in [1.54, 1.807) is 0 Å². The van der Waals surface area contributed by atoms with Crippen molar-refractivity contribution >= 4 is 0 Å². The fourth-order valence-corrected chi connectivity index (χ4v) is 2.24. The first-order chi connectivity index (χ1) is 11.9. The van der Waals surface area contributed by atoms with Gasteiger partial charge in [-0.25, -0.2) is 0 Å². The van der Waals surface area contributed by atoms with Gasteiger partial charge in [-0.2, -0.15) is 0 Å². The van der Waals surface area contributed by atoms with Crippen molar-refractivity contribution < 1.29 is 28.4 Å². The molecule has 6 nitrogen and oxygen atoms in total. The highest BCUT2D eigenvalue weighted by Crippen LogP contribution is 2.08. The molecule has 1 atom stereocenters. The van der Waals surface area contributed by atoms with Crippen molar-refractivity contribution in [1.82, 2.24) is 0 Å². The minimum absolute atomic E-state index is 0.108. The Kier molecular flexibility index (Phi) is 15.6. The van der Waals surface area contributed by atoms with Crippen LogP contribution >= 0.6 is 0 Å². The summed E-state index contributed by atoms with van der Waals surface area (Å²) >= 11 is 0. The zero-order valence-corrected chi connectivity index (χ0v) is 14.9. The van der Waals surface area contributed by atoms with Crippen molar-refractivity contribution in [3.63, 3.8) is 0 Å². The Morgan fingerprint density at radius 3 is 1.71 bits per heavy atom. The van der Waals surface area contributed by atoms with Crippen molar-refractivity contribution in [2.45, 2.75) is 31.8 Å². The maximum atomic E-state index is 5.89. The molecule has 1 heterocycles. The summed E-state index contributed by atoms with van der Waals surface area (Å²) in [5, 5.41) is 0. The Bertz CT molecular complexity index is 256. The molecule has 0 bridgehead atoms. The molecule has 1 aliphatic rings. The summed E-state index contributed by atoms with van der Waals surface area (Å²) in [5.41, 5.74) is 0. The molecule has 0 aromatic heterocycles. The maximum absolute atomic E-state index is 5.89. The van der Waals surface area contributed by atoms with Crippen molar-refractivity contribution in [1.29, 1.82) is 0 Å². The normalized spacial score (nSPS) is 23.9. The van der Waals surface area contributed by atoms with Crippen molar-refractivity contribution in [3.8, 4) is 0 Å². The Balaban J connectivity index is 2.22. The average Bonchev–Trinajstić information content (AvgIpc) is 2.59. The van der Waals surface area contributed by atoms with Crippen LogP contribution in [0.2, 0.25) is 0 Å². The molecule has 24 heavy (non-hydrogen) atoms. The van der Waals surface area contributed by atoms with E-state index in [2.05, 4.69) is 6.58 Å². The third-order valence-electron chi connectivity index (χ3n) is 3.56. The number of rotatable bonds is 5. The lowest BCUT2D eigenvalue weighted by molar-refractivity contribution is -0.0628. The summed E-state index contributed by atoms with van der Waals surface area (Å²) in [4.78, 5) is 0. The number of allylic oxidation sites excluding steroid dienone is 1. The van der Waals surface area contributed by atoms with Gasteiger partial charge in [0.2, 0.25) is 0 Å². The molecule has 0 spiro atoms. The van der Waals surface area contributed by atoms with Gasteiger partial charge in [0.1, 0.15) is 0 Å². The Hall–Kier alpha value is -0.500. The van der Waals surface area contributed by atoms with Gasteiger partial charge in [-0.3, -0.25) is 0 Å². The molecule has 0 saturated carbocycles. The summed E-state index contributed by atoms with van der Waals surface area (Å²) in [5.74, 6) is 0. The van der Waals surface area contributed by atoms with Crippen LogP contribution in [0.25, 0.3) is 0 Å². The van der Waals surface area contributed by atoms with Crippen LogP contribution in [0.5, 0.6) is 0 Å². The van der Waals surface area contributed by atoms with E-state index in [1.165, 1.54) is 0 Å². The van der Waals surface area contributed by atoms with E-state index >= 15 is 0 Å². The molecule has 1 unspecified atom stereocenters. The van der Waals surface area contributed by atoms with Gasteiger partial charge < -0.3 is 28.4 Å². The Morgan fingerprint density at radius 2 is 1.17 bits per heavy atom. The molecule has 0 amide bonds. The summed E-state index contributed by atoms with van der Waals surface area (Å²) in [7, 11) is 0. The van der Waals surface area contributed by atoms with Crippen LogP contribution in [0.3, 0.4) is 0 Å². The van der Waals surface area contributed by atoms with Crippen LogP contribution in [0.1, 0.15) is 25.7 Å². The van der Waals surface area contributed by atoms with Crippen LogP contribution < -0.4 is 0 Å². The second-order valence-corrected chi connectivity index (χ2v) is 5.59. The zero-order valence-electron chi connectivity index (χ0n) is 14.9. The van der Waals surface area contributed by atoms with Crippen LogP contribution in [-0.2, 0) is 28.4 Å². The van der Waals surface area contributed by atoms with Gasteiger partial charge in [0, 0.05) is 0 Å². The van der Waals surface area contributed by atoms with Crippen molar-refractivity contribution in [2.75, 3.05) is 72.7 Å². The van der Waals surface area contributed by atoms with Crippen LogP contribution in [0, 0.1) is 0 Å². The average molecular weight is 346 g/mol. The number of hydrogen-bond donors (Lipinski definition) is 0. The van der Waals surface area contributed by atoms with Gasteiger partial charge >= 0.3 is 0 Å². The van der Waals surface area contributed by atoms with Crippen molar-refractivity contribution in [3.05, 3.63) is 12.7 Å². The van der Waals surface area contributed by atoms with Crippen LogP contribution in [0.4, 0.5) is 0 Å². The molecule has 1 fully saturated rings. The summed E-state index contributed by atoms with van der Waals surface area (Å²) < 4.78 is 33.4. The van der Waals surface area contributed by atoms with Crippen LogP contribution in [0.15, 0.2) is 12.7 Å². The first kappa shape index (κ1) is 21.5. The van der Waals surface area contributed by atoms with Gasteiger partial charge in [-0.15, -0.1) is 6.58 Å². The first-order valence-electron chi connectivity index (χ1n) is 9.04. The highest BCUT2D eigenvalue weighted by molar-refractivity contribution is 4.67. The molecule has 1 rings (SSSR count). The summed E-state index contributed by atoms with van der Waals surface area (Å²) in [6.07, 6.45) is 6.36. The Labute approximate surface area is 146 Å². The highest BCUT2D eigenvalue weighted by atomic mass is 16.6. The van der Waals surface area contributed by atoms with E-state index in [4.69, 9.17) is 28.4 Å². The molecule has 0 aliphatic carbocycles. The third kappa shape index (κ3) is 13.9. The van der Waals surface area contributed by atoms with Crippen molar-refractivity contribution in [2.24, 2.45) is 0 Å². The molecule has 142 valence electrons. The van der Waals surface area contributed by atoms with E-state index in [0.29, 0.717) is 72.7 Å². The predicted octanol–water partition coefficient (Wildman–Crippen LogP) is 2.21. The molecule has 0 aromatic carbocycles. The van der Waals surface area contributed by atoms with Gasteiger partial charge in [-0.05, 0) is 19.3 Å². The smallest absolute Gasteiger partial charge is 0.0809 e. The lowest BCUT2D eigenvalue weighted by Gasteiger charge is -2.18. The third-order valence-corrected chi connectivity index (χ3v) is 3.56. The van der Waals surface area contributed by atoms with Gasteiger partial charge in [0.15, 0.2) is 0 Å². The van der Waals surface area contributed by atoms with Gasteiger partial charge in [0.25, 0.3) is 0 Å². The fraction of sp³-hybridized carbons (Fsp3) is 0.889. The lowest BCUT2D eigenvalue weighted by Crippen LogP contribution is -2.24. The molecular weight excluding hydrogens is 312 g/mol. The van der Waals surface area contributed by atoms with Gasteiger partial charge in [-0.1, -0.05) is 12.5 Å². The molecular formula is C18H34O6. The maximum Gasteiger partial charge on any atom is 0.0809 e. The minimum atomic E-state index is 0.108. The number of hydrogen-bond acceptors (Lipinski definition) is 6. The SMILES string of the molecule is C=CCCCCC1COCCOCCOCCOCCOCCO1. The molecule has 0 N–H and O–H groups in total. The molecule has 1 saturated heterocycles. The van der Waals surface area contributed by atoms with E-state index < -0.39 is 0 Å². The monoisotopic (exact) mass is 346 g/mol. The minimum Gasteiger partial charge on any atom is -0.377 e. The molecule has 6 heteroatoms. The fourth-order valence-electron chi connectivity index (χ4n) is 2.24. The van der Waals surface area contributed by atoms with E-state index in [-0.39, 0.29) is 6.10 Å². The van der Waals surface area contributed by atoms with E-state index in [9.17, 15) is 0 Å². The second kappa shape index (κ2) is 17.3. The predicted molar refractivity (Wildman–Crippen MR) is 92.5 cm³/mol. The largest absolute Gasteiger partial charge is 0.377 e. The van der Waals surface area contributed by atoms with E-state index in [0.717, 1.165) is 25.7 Å². The second-order valence-electron chi connectivity index (χ2n) is 5.59. The Morgan fingerprint density at radius 1 is 0.667 bits per heavy atom. The standard InChI is InChI=1S/C18H34O6/c1-2-3-4-5-6-18-17-23-14-13-21-10-9-19-7-8-20-11-12-22-15-16-24-18/h2,18H,1,3-17H2. The zero-order chi connectivity index (χ0) is 17.1. The first-order valence-corrected chi connectivity index (χ1v) is 9.04.